The first-order chi connectivity index (χ1) is 10.8. The quantitative estimate of drug-likeness (QED) is 0.666. The van der Waals surface area contributed by atoms with Gasteiger partial charge < -0.3 is 10.1 Å². The average Bonchev–Trinajstić information content (AvgIpc) is 3.18. The Morgan fingerprint density at radius 1 is 1.23 bits per heavy atom. The number of anilines is 1. The van der Waals surface area contributed by atoms with Crippen LogP contribution in [0.4, 0.5) is 5.82 Å². The van der Waals surface area contributed by atoms with Gasteiger partial charge in [0.2, 0.25) is 5.82 Å². The van der Waals surface area contributed by atoms with Crippen LogP contribution in [0.25, 0.3) is 11.3 Å². The fraction of sp³-hybridized carbons (Fsp3) is 0.143. The molecule has 1 amide bonds. The van der Waals surface area contributed by atoms with E-state index in [0.29, 0.717) is 12.4 Å². The van der Waals surface area contributed by atoms with E-state index in [-0.39, 0.29) is 11.8 Å². The Hall–Kier alpha value is -3.16. The van der Waals surface area contributed by atoms with Gasteiger partial charge >= 0.3 is 6.01 Å². The maximum atomic E-state index is 12.0. The molecule has 0 bridgehead atoms. The highest BCUT2D eigenvalue weighted by Crippen LogP contribution is 2.19. The fourth-order valence-electron chi connectivity index (χ4n) is 1.87. The van der Waals surface area contributed by atoms with Crippen LogP contribution >= 0.6 is 0 Å². The molecule has 0 saturated carbocycles. The summed E-state index contributed by atoms with van der Waals surface area (Å²) in [7, 11) is 0. The molecule has 112 valence electrons. The van der Waals surface area contributed by atoms with Gasteiger partial charge in [-0.3, -0.25) is 15.0 Å². The number of carbonyl (C=O) groups is 1. The summed E-state index contributed by atoms with van der Waals surface area (Å²) in [5.74, 6) is 0.0236. The lowest BCUT2D eigenvalue weighted by Gasteiger charge is -1.97. The Labute approximate surface area is 125 Å². The van der Waals surface area contributed by atoms with E-state index in [9.17, 15) is 4.79 Å². The van der Waals surface area contributed by atoms with Crippen molar-refractivity contribution in [2.45, 2.75) is 6.92 Å². The van der Waals surface area contributed by atoms with Crippen LogP contribution in [0.2, 0.25) is 0 Å². The topological polar surface area (TPSA) is 109 Å². The van der Waals surface area contributed by atoms with Crippen molar-refractivity contribution in [3.05, 3.63) is 42.2 Å². The van der Waals surface area contributed by atoms with E-state index < -0.39 is 5.91 Å². The van der Waals surface area contributed by atoms with Crippen molar-refractivity contribution in [1.29, 1.82) is 0 Å². The van der Waals surface area contributed by atoms with Gasteiger partial charge in [-0.15, -0.1) is 5.10 Å². The van der Waals surface area contributed by atoms with Gasteiger partial charge in [0, 0.05) is 6.07 Å². The molecule has 3 aromatic rings. The Balaban J connectivity index is 1.70. The molecule has 0 aliphatic rings. The minimum absolute atomic E-state index is 0.0627. The summed E-state index contributed by atoms with van der Waals surface area (Å²) in [4.78, 5) is 15.9. The summed E-state index contributed by atoms with van der Waals surface area (Å²) < 4.78 is 5.09. The molecule has 0 fully saturated rings. The van der Waals surface area contributed by atoms with E-state index in [2.05, 4.69) is 30.7 Å². The van der Waals surface area contributed by atoms with Gasteiger partial charge in [-0.2, -0.15) is 10.1 Å². The van der Waals surface area contributed by atoms with Gasteiger partial charge in [-0.05, 0) is 12.5 Å². The summed E-state index contributed by atoms with van der Waals surface area (Å²) in [5.41, 5.74) is 1.79. The van der Waals surface area contributed by atoms with Crippen LogP contribution < -0.4 is 10.1 Å². The third-order valence-corrected chi connectivity index (χ3v) is 2.86. The normalized spacial score (nSPS) is 10.4. The number of H-pyrrole nitrogens is 2. The molecule has 3 rings (SSSR count). The Bertz CT molecular complexity index is 765. The first-order valence-electron chi connectivity index (χ1n) is 6.73. The van der Waals surface area contributed by atoms with Gasteiger partial charge in [0.05, 0.1) is 12.3 Å². The third kappa shape index (κ3) is 2.95. The highest BCUT2D eigenvalue weighted by atomic mass is 16.5. The number of hydrogen-bond donors (Lipinski definition) is 3. The number of hydrogen-bond acceptors (Lipinski definition) is 5. The first kappa shape index (κ1) is 13.8. The predicted octanol–water partition coefficient (Wildman–Crippen LogP) is 1.85. The van der Waals surface area contributed by atoms with Crippen molar-refractivity contribution >= 4 is 11.7 Å². The second kappa shape index (κ2) is 6.08. The Morgan fingerprint density at radius 2 is 2.05 bits per heavy atom. The SMILES string of the molecule is CCOc1n[nH]c(C(=O)Nc2cc(-c3ccccc3)[nH]n2)n1. The second-order valence-corrected chi connectivity index (χ2v) is 4.39. The lowest BCUT2D eigenvalue weighted by atomic mass is 10.2. The molecular weight excluding hydrogens is 284 g/mol. The smallest absolute Gasteiger partial charge is 0.335 e. The lowest BCUT2D eigenvalue weighted by Crippen LogP contribution is -2.14. The number of carbonyl (C=O) groups excluding carboxylic acids is 1. The standard InChI is InChI=1S/C14H14N6O2/c1-2-22-14-16-12(19-20-14)13(21)15-11-8-10(17-18-11)9-6-4-3-5-7-9/h3-8H,2H2,1H3,(H,16,19,20)(H2,15,17,18,21). The minimum Gasteiger partial charge on any atom is -0.463 e. The molecule has 0 atom stereocenters. The largest absolute Gasteiger partial charge is 0.463 e. The molecule has 0 saturated heterocycles. The minimum atomic E-state index is -0.440. The van der Waals surface area contributed by atoms with E-state index in [0.717, 1.165) is 11.3 Å². The summed E-state index contributed by atoms with van der Waals surface area (Å²) in [6, 6.07) is 11.6. The Kier molecular flexibility index (Phi) is 3.82. The molecule has 8 nitrogen and oxygen atoms in total. The highest BCUT2D eigenvalue weighted by molar-refractivity contribution is 6.01. The van der Waals surface area contributed by atoms with E-state index in [1.165, 1.54) is 0 Å². The maximum Gasteiger partial charge on any atom is 0.335 e. The van der Waals surface area contributed by atoms with Gasteiger partial charge in [0.1, 0.15) is 0 Å². The second-order valence-electron chi connectivity index (χ2n) is 4.39. The van der Waals surface area contributed by atoms with Gasteiger partial charge in [0.25, 0.3) is 5.91 Å². The third-order valence-electron chi connectivity index (χ3n) is 2.86. The van der Waals surface area contributed by atoms with Gasteiger partial charge in [0.15, 0.2) is 5.82 Å². The summed E-state index contributed by atoms with van der Waals surface area (Å²) in [5, 5.41) is 15.8. The molecule has 2 aromatic heterocycles. The van der Waals surface area contributed by atoms with Crippen LogP contribution in [-0.4, -0.2) is 37.9 Å². The fourth-order valence-corrected chi connectivity index (χ4v) is 1.87. The zero-order valence-electron chi connectivity index (χ0n) is 11.8. The van der Waals surface area contributed by atoms with Crippen molar-refractivity contribution in [3.8, 4) is 17.3 Å². The van der Waals surface area contributed by atoms with Gasteiger partial charge in [-0.1, -0.05) is 30.3 Å². The zero-order valence-corrected chi connectivity index (χ0v) is 11.8. The average molecular weight is 298 g/mol. The molecule has 0 spiro atoms. The Morgan fingerprint density at radius 3 is 2.82 bits per heavy atom. The predicted molar refractivity (Wildman–Crippen MR) is 79.5 cm³/mol. The molecule has 22 heavy (non-hydrogen) atoms. The number of aromatic nitrogens is 5. The van der Waals surface area contributed by atoms with Crippen LogP contribution in [0.3, 0.4) is 0 Å². The first-order valence-corrected chi connectivity index (χ1v) is 6.73. The number of rotatable bonds is 5. The maximum absolute atomic E-state index is 12.0. The van der Waals surface area contributed by atoms with Crippen molar-refractivity contribution < 1.29 is 9.53 Å². The van der Waals surface area contributed by atoms with Gasteiger partial charge in [-0.25, -0.2) is 0 Å². The number of benzene rings is 1. The van der Waals surface area contributed by atoms with E-state index >= 15 is 0 Å². The highest BCUT2D eigenvalue weighted by Gasteiger charge is 2.14. The molecule has 0 radical (unpaired) electrons. The molecule has 2 heterocycles. The van der Waals surface area contributed by atoms with E-state index in [1.807, 2.05) is 37.3 Å². The number of aromatic amines is 2. The summed E-state index contributed by atoms with van der Waals surface area (Å²) >= 11 is 0. The van der Waals surface area contributed by atoms with Crippen molar-refractivity contribution in [3.63, 3.8) is 0 Å². The van der Waals surface area contributed by atoms with Crippen LogP contribution in [0.15, 0.2) is 36.4 Å². The van der Waals surface area contributed by atoms with E-state index in [4.69, 9.17) is 4.74 Å². The summed E-state index contributed by atoms with van der Waals surface area (Å²) in [6.45, 7) is 2.24. The lowest BCUT2D eigenvalue weighted by molar-refractivity contribution is 0.101. The molecule has 0 unspecified atom stereocenters. The van der Waals surface area contributed by atoms with Crippen molar-refractivity contribution in [2.75, 3.05) is 11.9 Å². The zero-order chi connectivity index (χ0) is 15.4. The van der Waals surface area contributed by atoms with Crippen LogP contribution in [0, 0.1) is 0 Å². The number of nitrogens with zero attached hydrogens (tertiary/aromatic N) is 3. The van der Waals surface area contributed by atoms with Crippen LogP contribution in [-0.2, 0) is 0 Å². The molecule has 1 aromatic carbocycles. The van der Waals surface area contributed by atoms with Crippen molar-refractivity contribution in [1.82, 2.24) is 25.4 Å². The molecular formula is C14H14N6O2. The molecule has 8 heteroatoms. The van der Waals surface area contributed by atoms with E-state index in [1.54, 1.807) is 6.07 Å². The van der Waals surface area contributed by atoms with Crippen LogP contribution in [0.5, 0.6) is 6.01 Å². The molecule has 0 aliphatic carbocycles. The van der Waals surface area contributed by atoms with Crippen LogP contribution in [0.1, 0.15) is 17.5 Å². The number of amides is 1. The monoisotopic (exact) mass is 298 g/mol. The summed E-state index contributed by atoms with van der Waals surface area (Å²) in [6.07, 6.45) is 0. The number of ether oxygens (including phenoxy) is 1. The van der Waals surface area contributed by atoms with Crippen molar-refractivity contribution in [2.24, 2.45) is 0 Å². The molecule has 3 N–H and O–H groups in total. The number of nitrogens with one attached hydrogen (secondary N) is 3. The molecule has 0 aliphatic heterocycles.